The third-order valence-electron chi connectivity index (χ3n) is 2.45. The molecule has 0 aliphatic carbocycles. The van der Waals surface area contributed by atoms with Crippen molar-refractivity contribution in [3.8, 4) is 5.75 Å². The number of aryl methyl sites for hydroxylation is 1. The lowest BCUT2D eigenvalue weighted by atomic mass is 10.1. The number of benzene rings is 1. The van der Waals surface area contributed by atoms with Gasteiger partial charge < -0.3 is 9.64 Å². The van der Waals surface area contributed by atoms with Crippen LogP contribution in [0.2, 0.25) is 0 Å². The number of carbonyl (C=O) groups excluding carboxylic acids is 1. The molecule has 0 spiro atoms. The number of hydrogen-bond donors (Lipinski definition) is 0. The van der Waals surface area contributed by atoms with Crippen molar-refractivity contribution in [2.45, 2.75) is 13.3 Å². The van der Waals surface area contributed by atoms with E-state index >= 15 is 0 Å². The third kappa shape index (κ3) is 3.52. The maximum absolute atomic E-state index is 11.0. The van der Waals surface area contributed by atoms with Crippen molar-refractivity contribution in [2.75, 3.05) is 20.7 Å². The zero-order chi connectivity index (χ0) is 12.1. The highest BCUT2D eigenvalue weighted by Crippen LogP contribution is 2.20. The van der Waals surface area contributed by atoms with E-state index in [1.807, 2.05) is 19.1 Å². The van der Waals surface area contributed by atoms with Gasteiger partial charge in [0.1, 0.15) is 5.75 Å². The number of amides is 1. The van der Waals surface area contributed by atoms with E-state index in [1.54, 1.807) is 19.1 Å². The summed E-state index contributed by atoms with van der Waals surface area (Å²) in [5.74, 6) is 0.876. The second-order valence-corrected chi connectivity index (χ2v) is 4.42. The minimum atomic E-state index is -0.0980. The molecule has 0 aliphatic heterocycles. The molecule has 0 unspecified atom stereocenters. The monoisotopic (exact) mass is 285 g/mol. The summed E-state index contributed by atoms with van der Waals surface area (Å²) in [7, 11) is 3.42. The first-order valence-corrected chi connectivity index (χ1v) is 5.88. The summed E-state index contributed by atoms with van der Waals surface area (Å²) in [6.45, 7) is 2.71. The van der Waals surface area contributed by atoms with Crippen LogP contribution in [-0.2, 0) is 6.42 Å². The Bertz CT molecular complexity index is 379. The zero-order valence-corrected chi connectivity index (χ0v) is 11.4. The number of carbonyl (C=O) groups is 1. The number of rotatable bonds is 4. The summed E-state index contributed by atoms with van der Waals surface area (Å²) in [6.07, 6.45) is 0.790. The second kappa shape index (κ2) is 5.89. The molecule has 0 aliphatic rings. The van der Waals surface area contributed by atoms with E-state index < -0.39 is 0 Å². The fourth-order valence-electron chi connectivity index (χ4n) is 1.48. The number of halogens is 1. The molecule has 3 nitrogen and oxygen atoms in total. The SMILES string of the molecule is COc1ccc(C)cc1CCN(C)C(=O)Br. The molecular weight excluding hydrogens is 270 g/mol. The van der Waals surface area contributed by atoms with E-state index in [4.69, 9.17) is 4.74 Å². The lowest BCUT2D eigenvalue weighted by molar-refractivity contribution is 0.235. The Kier molecular flexibility index (Phi) is 4.80. The van der Waals surface area contributed by atoms with Crippen molar-refractivity contribution >= 4 is 20.7 Å². The third-order valence-corrected chi connectivity index (χ3v) is 3.06. The molecule has 88 valence electrons. The molecule has 0 atom stereocenters. The van der Waals surface area contributed by atoms with Crippen LogP contribution in [0.5, 0.6) is 5.75 Å². The van der Waals surface area contributed by atoms with Crippen molar-refractivity contribution in [2.24, 2.45) is 0 Å². The molecule has 0 saturated carbocycles. The van der Waals surface area contributed by atoms with E-state index in [-0.39, 0.29) is 4.82 Å². The van der Waals surface area contributed by atoms with Gasteiger partial charge in [0.15, 0.2) is 0 Å². The smallest absolute Gasteiger partial charge is 0.289 e. The summed E-state index contributed by atoms with van der Waals surface area (Å²) in [4.78, 5) is 12.5. The zero-order valence-electron chi connectivity index (χ0n) is 9.79. The van der Waals surface area contributed by atoms with Crippen molar-refractivity contribution in [3.05, 3.63) is 29.3 Å². The summed E-state index contributed by atoms with van der Waals surface area (Å²) in [6, 6.07) is 6.06. The Hall–Kier alpha value is -1.03. The average molecular weight is 286 g/mol. The molecule has 0 bridgehead atoms. The van der Waals surface area contributed by atoms with Gasteiger partial charge in [0, 0.05) is 29.5 Å². The maximum Gasteiger partial charge on any atom is 0.289 e. The van der Waals surface area contributed by atoms with Gasteiger partial charge in [0.25, 0.3) is 4.82 Å². The topological polar surface area (TPSA) is 29.5 Å². The number of ether oxygens (including phenoxy) is 1. The number of nitrogens with zero attached hydrogens (tertiary/aromatic N) is 1. The largest absolute Gasteiger partial charge is 0.496 e. The quantitative estimate of drug-likeness (QED) is 0.629. The fraction of sp³-hybridized carbons (Fsp3) is 0.417. The fourth-order valence-corrected chi connectivity index (χ4v) is 1.66. The van der Waals surface area contributed by atoms with Gasteiger partial charge in [-0.25, -0.2) is 0 Å². The van der Waals surface area contributed by atoms with Crippen LogP contribution < -0.4 is 4.74 Å². The molecule has 0 aromatic heterocycles. The Morgan fingerprint density at radius 2 is 2.19 bits per heavy atom. The highest BCUT2D eigenvalue weighted by Gasteiger charge is 2.07. The second-order valence-electron chi connectivity index (χ2n) is 3.74. The first-order valence-electron chi connectivity index (χ1n) is 5.08. The molecule has 0 radical (unpaired) electrons. The molecule has 1 aromatic carbocycles. The molecule has 0 saturated heterocycles. The Balaban J connectivity index is 2.72. The van der Waals surface area contributed by atoms with Crippen LogP contribution >= 0.6 is 15.9 Å². The van der Waals surface area contributed by atoms with E-state index in [2.05, 4.69) is 22.0 Å². The summed E-state index contributed by atoms with van der Waals surface area (Å²) >= 11 is 2.92. The number of hydrogen-bond acceptors (Lipinski definition) is 2. The Labute approximate surface area is 105 Å². The van der Waals surface area contributed by atoms with Gasteiger partial charge in [0.05, 0.1) is 7.11 Å². The van der Waals surface area contributed by atoms with Crippen molar-refractivity contribution < 1.29 is 9.53 Å². The van der Waals surface area contributed by atoms with Crippen LogP contribution in [0.4, 0.5) is 4.79 Å². The van der Waals surface area contributed by atoms with Crippen LogP contribution in [0.3, 0.4) is 0 Å². The standard InChI is InChI=1S/C12H16BrNO2/c1-9-4-5-11(16-3)10(8-9)6-7-14(2)12(13)15/h4-5,8H,6-7H2,1-3H3. The highest BCUT2D eigenvalue weighted by atomic mass is 79.9. The first-order chi connectivity index (χ1) is 7.54. The van der Waals surface area contributed by atoms with Crippen LogP contribution in [0.15, 0.2) is 18.2 Å². The van der Waals surface area contributed by atoms with Crippen LogP contribution in [0.25, 0.3) is 0 Å². The summed E-state index contributed by atoms with van der Waals surface area (Å²) in [5, 5.41) is 0. The maximum atomic E-state index is 11.0. The van der Waals surface area contributed by atoms with Crippen molar-refractivity contribution in [3.63, 3.8) is 0 Å². The van der Waals surface area contributed by atoms with Crippen molar-refractivity contribution in [1.82, 2.24) is 4.90 Å². The van der Waals surface area contributed by atoms with Gasteiger partial charge in [-0.2, -0.15) is 0 Å². The summed E-state index contributed by atoms with van der Waals surface area (Å²) in [5.41, 5.74) is 2.33. The molecule has 1 rings (SSSR count). The Morgan fingerprint density at radius 3 is 2.75 bits per heavy atom. The van der Waals surface area contributed by atoms with Gasteiger partial charge in [-0.3, -0.25) is 4.79 Å². The first kappa shape index (κ1) is 13.0. The average Bonchev–Trinajstić information content (AvgIpc) is 2.25. The minimum Gasteiger partial charge on any atom is -0.496 e. The van der Waals surface area contributed by atoms with Gasteiger partial charge >= 0.3 is 0 Å². The minimum absolute atomic E-state index is 0.0980. The molecule has 0 N–H and O–H groups in total. The lowest BCUT2D eigenvalue weighted by Crippen LogP contribution is -2.23. The molecular formula is C12H16BrNO2. The highest BCUT2D eigenvalue weighted by molar-refractivity contribution is 9.18. The number of likely N-dealkylation sites (N-methyl/N-ethyl adjacent to an activating group) is 1. The number of methoxy groups -OCH3 is 1. The molecule has 16 heavy (non-hydrogen) atoms. The van der Waals surface area contributed by atoms with Crippen LogP contribution in [0.1, 0.15) is 11.1 Å². The van der Waals surface area contributed by atoms with E-state index in [9.17, 15) is 4.79 Å². The van der Waals surface area contributed by atoms with E-state index in [0.29, 0.717) is 6.54 Å². The lowest BCUT2D eigenvalue weighted by Gasteiger charge is -2.15. The summed E-state index contributed by atoms with van der Waals surface area (Å²) < 4.78 is 5.28. The molecule has 0 fully saturated rings. The molecule has 4 heteroatoms. The molecule has 1 aromatic rings. The van der Waals surface area contributed by atoms with Gasteiger partial charge in [-0.15, -0.1) is 0 Å². The van der Waals surface area contributed by atoms with Gasteiger partial charge in [-0.1, -0.05) is 17.7 Å². The molecule has 1 amide bonds. The van der Waals surface area contributed by atoms with Gasteiger partial charge in [-0.05, 0) is 25.0 Å². The van der Waals surface area contributed by atoms with E-state index in [0.717, 1.165) is 17.7 Å². The van der Waals surface area contributed by atoms with E-state index in [1.165, 1.54) is 5.56 Å². The van der Waals surface area contributed by atoms with Gasteiger partial charge in [0.2, 0.25) is 0 Å². The molecule has 0 heterocycles. The van der Waals surface area contributed by atoms with Crippen LogP contribution in [0, 0.1) is 6.92 Å². The predicted molar refractivity (Wildman–Crippen MR) is 68.4 cm³/mol. The normalized spacial score (nSPS) is 10.0. The predicted octanol–water partition coefficient (Wildman–Crippen LogP) is 2.99. The van der Waals surface area contributed by atoms with Crippen LogP contribution in [-0.4, -0.2) is 30.4 Å². The van der Waals surface area contributed by atoms with Crippen molar-refractivity contribution in [1.29, 1.82) is 0 Å². The Morgan fingerprint density at radius 1 is 1.50 bits per heavy atom.